The highest BCUT2D eigenvalue weighted by atomic mass is 32.2. The fraction of sp³-hybridized carbons (Fsp3) is 0.286. The van der Waals surface area contributed by atoms with Crippen molar-refractivity contribution in [1.29, 1.82) is 0 Å². The van der Waals surface area contributed by atoms with Crippen molar-refractivity contribution in [3.8, 4) is 17.2 Å². The van der Waals surface area contributed by atoms with E-state index < -0.39 is 9.84 Å². The van der Waals surface area contributed by atoms with Crippen LogP contribution in [0.2, 0.25) is 0 Å². The first kappa shape index (κ1) is 20.1. The molecule has 156 valence electrons. The molecule has 0 saturated carbocycles. The number of hydrogen-bond acceptors (Lipinski definition) is 7. The third-order valence-corrected chi connectivity index (χ3v) is 6.74. The molecule has 1 aliphatic heterocycles. The first-order valence-electron chi connectivity index (χ1n) is 9.53. The average molecular weight is 427 g/mol. The monoisotopic (exact) mass is 427 g/mol. The Kier molecular flexibility index (Phi) is 5.80. The van der Waals surface area contributed by atoms with Crippen molar-refractivity contribution in [3.63, 3.8) is 0 Å². The molecule has 3 aromatic rings. The molecule has 2 heterocycles. The van der Waals surface area contributed by atoms with Gasteiger partial charge in [-0.05, 0) is 36.2 Å². The van der Waals surface area contributed by atoms with E-state index in [1.165, 1.54) is 6.39 Å². The molecule has 9 heteroatoms. The molecule has 1 unspecified atom stereocenters. The van der Waals surface area contributed by atoms with Gasteiger partial charge in [0.25, 0.3) is 5.91 Å². The van der Waals surface area contributed by atoms with Gasteiger partial charge in [0.05, 0.1) is 11.5 Å². The highest BCUT2D eigenvalue weighted by molar-refractivity contribution is 7.91. The van der Waals surface area contributed by atoms with Crippen LogP contribution < -0.4 is 4.74 Å². The highest BCUT2D eigenvalue weighted by Gasteiger charge is 2.34. The Bertz CT molecular complexity index is 1080. The highest BCUT2D eigenvalue weighted by Crippen LogP contribution is 2.22. The number of ether oxygens (including phenoxy) is 1. The standard InChI is InChI=1S/C21H21N3O5S/c25-20(13-28-19-8-6-17(7-9-19)21-23-22-15-29-21)24(12-16-4-2-1-3-5-16)18-10-11-30(26,27)14-18/h1-9,15,18H,10-14H2. The van der Waals surface area contributed by atoms with E-state index in [2.05, 4.69) is 10.2 Å². The quantitative estimate of drug-likeness (QED) is 0.570. The second kappa shape index (κ2) is 8.66. The van der Waals surface area contributed by atoms with Crippen molar-refractivity contribution < 1.29 is 22.4 Å². The van der Waals surface area contributed by atoms with Crippen molar-refractivity contribution in [3.05, 3.63) is 66.6 Å². The van der Waals surface area contributed by atoms with Gasteiger partial charge in [0.1, 0.15) is 5.75 Å². The van der Waals surface area contributed by atoms with E-state index in [1.807, 2.05) is 30.3 Å². The van der Waals surface area contributed by atoms with E-state index in [4.69, 9.17) is 9.15 Å². The van der Waals surface area contributed by atoms with Gasteiger partial charge in [-0.3, -0.25) is 4.79 Å². The smallest absolute Gasteiger partial charge is 0.261 e. The molecule has 8 nitrogen and oxygen atoms in total. The average Bonchev–Trinajstić information content (AvgIpc) is 3.41. The molecular weight excluding hydrogens is 406 g/mol. The number of nitrogens with zero attached hydrogens (tertiary/aromatic N) is 3. The molecule has 0 N–H and O–H groups in total. The zero-order chi connectivity index (χ0) is 21.0. The third kappa shape index (κ3) is 4.85. The number of amides is 1. The van der Waals surface area contributed by atoms with Gasteiger partial charge in [0.15, 0.2) is 16.4 Å². The van der Waals surface area contributed by atoms with E-state index in [0.29, 0.717) is 24.6 Å². The normalized spacial score (nSPS) is 17.5. The molecule has 2 aromatic carbocycles. The fourth-order valence-electron chi connectivity index (χ4n) is 3.44. The van der Waals surface area contributed by atoms with Gasteiger partial charge in [-0.15, -0.1) is 10.2 Å². The van der Waals surface area contributed by atoms with Crippen LogP contribution in [0, 0.1) is 0 Å². The molecule has 1 aromatic heterocycles. The number of rotatable bonds is 7. The van der Waals surface area contributed by atoms with Gasteiger partial charge >= 0.3 is 0 Å². The summed E-state index contributed by atoms with van der Waals surface area (Å²) in [6, 6.07) is 16.1. The van der Waals surface area contributed by atoms with Gasteiger partial charge < -0.3 is 14.1 Å². The Labute approximate surface area is 174 Å². The van der Waals surface area contributed by atoms with Gasteiger partial charge in [-0.2, -0.15) is 0 Å². The number of carbonyl (C=O) groups is 1. The lowest BCUT2D eigenvalue weighted by molar-refractivity contribution is -0.136. The van der Waals surface area contributed by atoms with E-state index in [-0.39, 0.29) is 30.1 Å². The summed E-state index contributed by atoms with van der Waals surface area (Å²) in [7, 11) is -3.11. The zero-order valence-corrected chi connectivity index (χ0v) is 17.0. The molecule has 0 spiro atoms. The van der Waals surface area contributed by atoms with Gasteiger partial charge in [-0.1, -0.05) is 30.3 Å². The van der Waals surface area contributed by atoms with Crippen LogP contribution >= 0.6 is 0 Å². The Morgan fingerprint density at radius 3 is 2.53 bits per heavy atom. The fourth-order valence-corrected chi connectivity index (χ4v) is 5.17. The van der Waals surface area contributed by atoms with Gasteiger partial charge in [0, 0.05) is 18.2 Å². The summed E-state index contributed by atoms with van der Waals surface area (Å²) in [5.74, 6) is 0.764. The molecular formula is C21H21N3O5S. The van der Waals surface area contributed by atoms with Crippen LogP contribution in [-0.2, 0) is 21.2 Å². The summed E-state index contributed by atoms with van der Waals surface area (Å²) in [6.45, 7) is 0.169. The van der Waals surface area contributed by atoms with Crippen LogP contribution in [0.1, 0.15) is 12.0 Å². The Morgan fingerprint density at radius 2 is 1.90 bits per heavy atom. The number of hydrogen-bond donors (Lipinski definition) is 0. The van der Waals surface area contributed by atoms with E-state index in [0.717, 1.165) is 11.1 Å². The third-order valence-electron chi connectivity index (χ3n) is 4.99. The predicted octanol–water partition coefficient (Wildman–Crippen LogP) is 2.33. The Morgan fingerprint density at radius 1 is 1.13 bits per heavy atom. The molecule has 30 heavy (non-hydrogen) atoms. The summed E-state index contributed by atoms with van der Waals surface area (Å²) < 4.78 is 34.7. The number of sulfone groups is 1. The molecule has 1 atom stereocenters. The molecule has 0 aliphatic carbocycles. The maximum atomic E-state index is 12.9. The number of aromatic nitrogens is 2. The minimum atomic E-state index is -3.11. The van der Waals surface area contributed by atoms with Gasteiger partial charge in [-0.25, -0.2) is 8.42 Å². The van der Waals surface area contributed by atoms with Crippen molar-refractivity contribution in [2.24, 2.45) is 0 Å². The lowest BCUT2D eigenvalue weighted by Gasteiger charge is -2.28. The second-order valence-electron chi connectivity index (χ2n) is 7.12. The van der Waals surface area contributed by atoms with E-state index in [1.54, 1.807) is 29.2 Å². The maximum absolute atomic E-state index is 12.9. The first-order valence-corrected chi connectivity index (χ1v) is 11.4. The lowest BCUT2D eigenvalue weighted by atomic mass is 10.1. The van der Waals surface area contributed by atoms with E-state index >= 15 is 0 Å². The predicted molar refractivity (Wildman–Crippen MR) is 109 cm³/mol. The van der Waals surface area contributed by atoms with E-state index in [9.17, 15) is 13.2 Å². The maximum Gasteiger partial charge on any atom is 0.261 e. The first-order chi connectivity index (χ1) is 14.5. The minimum Gasteiger partial charge on any atom is -0.484 e. The molecule has 4 rings (SSSR count). The summed E-state index contributed by atoms with van der Waals surface area (Å²) in [5.41, 5.74) is 1.69. The molecule has 1 amide bonds. The zero-order valence-electron chi connectivity index (χ0n) is 16.2. The minimum absolute atomic E-state index is 0.00947. The van der Waals surface area contributed by atoms with Crippen LogP contribution in [0.5, 0.6) is 5.75 Å². The van der Waals surface area contributed by atoms with Gasteiger partial charge in [0.2, 0.25) is 12.3 Å². The topological polar surface area (TPSA) is 103 Å². The molecule has 1 aliphatic rings. The molecule has 0 radical (unpaired) electrons. The number of benzene rings is 2. The lowest BCUT2D eigenvalue weighted by Crippen LogP contribution is -2.43. The van der Waals surface area contributed by atoms with Crippen LogP contribution in [-0.4, -0.2) is 53.6 Å². The van der Waals surface area contributed by atoms with Crippen molar-refractivity contribution >= 4 is 15.7 Å². The molecule has 1 saturated heterocycles. The molecule has 0 bridgehead atoms. The van der Waals surface area contributed by atoms with Crippen molar-refractivity contribution in [2.45, 2.75) is 19.0 Å². The number of carbonyl (C=O) groups excluding carboxylic acids is 1. The van der Waals surface area contributed by atoms with Crippen LogP contribution in [0.25, 0.3) is 11.5 Å². The summed E-state index contributed by atoms with van der Waals surface area (Å²) in [5, 5.41) is 7.48. The molecule has 1 fully saturated rings. The van der Waals surface area contributed by atoms with Crippen LogP contribution in [0.15, 0.2) is 65.4 Å². The Hall–Kier alpha value is -3.20. The summed E-state index contributed by atoms with van der Waals surface area (Å²) in [6.07, 6.45) is 1.70. The van der Waals surface area contributed by atoms with Crippen molar-refractivity contribution in [1.82, 2.24) is 15.1 Å². The van der Waals surface area contributed by atoms with Crippen LogP contribution in [0.4, 0.5) is 0 Å². The van der Waals surface area contributed by atoms with Crippen molar-refractivity contribution in [2.75, 3.05) is 18.1 Å². The Balaban J connectivity index is 1.43. The largest absolute Gasteiger partial charge is 0.484 e. The SMILES string of the molecule is O=C(COc1ccc(-c2nnco2)cc1)N(Cc1ccccc1)C1CCS(=O)(=O)C1. The summed E-state index contributed by atoms with van der Waals surface area (Å²) in [4.78, 5) is 14.6. The van der Waals surface area contributed by atoms with Crippen LogP contribution in [0.3, 0.4) is 0 Å². The summed E-state index contributed by atoms with van der Waals surface area (Å²) >= 11 is 0. The second-order valence-corrected chi connectivity index (χ2v) is 9.35.